The highest BCUT2D eigenvalue weighted by Gasteiger charge is 2.17. The van der Waals surface area contributed by atoms with Gasteiger partial charge >= 0.3 is 0 Å². The molecule has 1 aromatic heterocycles. The van der Waals surface area contributed by atoms with Gasteiger partial charge < -0.3 is 9.47 Å². The van der Waals surface area contributed by atoms with Gasteiger partial charge in [-0.3, -0.25) is 15.0 Å². The zero-order valence-corrected chi connectivity index (χ0v) is 16.8. The van der Waals surface area contributed by atoms with Crippen LogP contribution in [0.3, 0.4) is 0 Å². The predicted molar refractivity (Wildman–Crippen MR) is 108 cm³/mol. The molecule has 27 heavy (non-hydrogen) atoms. The van der Waals surface area contributed by atoms with Crippen molar-refractivity contribution in [3.8, 4) is 11.5 Å². The first-order valence-corrected chi connectivity index (χ1v) is 10.3. The van der Waals surface area contributed by atoms with Crippen molar-refractivity contribution in [2.75, 3.05) is 31.6 Å². The number of nitrogens with one attached hydrogen (secondary N) is 1. The van der Waals surface area contributed by atoms with Gasteiger partial charge in [-0.1, -0.05) is 6.92 Å². The monoisotopic (exact) mass is 389 g/mol. The second kappa shape index (κ2) is 9.71. The average molecular weight is 390 g/mol. The van der Waals surface area contributed by atoms with E-state index in [0.717, 1.165) is 37.0 Å². The Kier molecular flexibility index (Phi) is 7.06. The molecule has 0 bridgehead atoms. The summed E-state index contributed by atoms with van der Waals surface area (Å²) in [7, 11) is 0. The van der Waals surface area contributed by atoms with Crippen LogP contribution >= 0.6 is 11.3 Å². The fraction of sp³-hybridized carbons (Fsp3) is 0.500. The van der Waals surface area contributed by atoms with Crippen LogP contribution in [0.4, 0.5) is 5.13 Å². The van der Waals surface area contributed by atoms with Gasteiger partial charge in [0.05, 0.1) is 12.3 Å². The molecule has 146 valence electrons. The van der Waals surface area contributed by atoms with Crippen molar-refractivity contribution in [1.29, 1.82) is 0 Å². The van der Waals surface area contributed by atoms with E-state index in [9.17, 15) is 4.79 Å². The number of thiazole rings is 1. The summed E-state index contributed by atoms with van der Waals surface area (Å²) in [4.78, 5) is 19.0. The third kappa shape index (κ3) is 6.22. The molecule has 7 heteroatoms. The SMILES string of the molecule is CCOc1ccc(OCC(=O)Nc2nc(CN3CCC(C)CC3)cs2)cc1. The van der Waals surface area contributed by atoms with Crippen molar-refractivity contribution >= 4 is 22.4 Å². The highest BCUT2D eigenvalue weighted by Crippen LogP contribution is 2.21. The molecule has 1 aromatic carbocycles. The van der Waals surface area contributed by atoms with Gasteiger partial charge in [0.25, 0.3) is 5.91 Å². The summed E-state index contributed by atoms with van der Waals surface area (Å²) in [6, 6.07) is 7.23. The van der Waals surface area contributed by atoms with E-state index in [0.29, 0.717) is 17.5 Å². The third-order valence-corrected chi connectivity index (χ3v) is 5.37. The summed E-state index contributed by atoms with van der Waals surface area (Å²) in [6.45, 7) is 7.91. The number of amides is 1. The molecular formula is C20H27N3O3S. The number of carbonyl (C=O) groups is 1. The van der Waals surface area contributed by atoms with E-state index < -0.39 is 0 Å². The van der Waals surface area contributed by atoms with Gasteiger partial charge in [-0.2, -0.15) is 0 Å². The number of piperidine rings is 1. The van der Waals surface area contributed by atoms with Crippen molar-refractivity contribution in [2.24, 2.45) is 5.92 Å². The van der Waals surface area contributed by atoms with Crippen LogP contribution in [0.2, 0.25) is 0 Å². The quantitative estimate of drug-likeness (QED) is 0.744. The molecule has 2 aromatic rings. The molecule has 1 aliphatic heterocycles. The number of aromatic nitrogens is 1. The molecule has 0 spiro atoms. The van der Waals surface area contributed by atoms with Crippen LogP contribution in [0.15, 0.2) is 29.6 Å². The van der Waals surface area contributed by atoms with Gasteiger partial charge in [-0.05, 0) is 63.0 Å². The smallest absolute Gasteiger partial charge is 0.264 e. The second-order valence-corrected chi connectivity index (χ2v) is 7.70. The van der Waals surface area contributed by atoms with Crippen LogP contribution < -0.4 is 14.8 Å². The number of rotatable bonds is 8. The standard InChI is InChI=1S/C20H27N3O3S/c1-3-25-17-4-6-18(7-5-17)26-13-19(24)22-20-21-16(14-27-20)12-23-10-8-15(2)9-11-23/h4-7,14-15H,3,8-13H2,1-2H3,(H,21,22,24). The maximum atomic E-state index is 12.1. The number of nitrogens with zero attached hydrogens (tertiary/aromatic N) is 2. The van der Waals surface area contributed by atoms with Gasteiger partial charge in [-0.15, -0.1) is 11.3 Å². The Balaban J connectivity index is 1.42. The first kappa shape index (κ1) is 19.6. The van der Waals surface area contributed by atoms with Crippen LogP contribution in [0, 0.1) is 5.92 Å². The van der Waals surface area contributed by atoms with Crippen LogP contribution in [0.25, 0.3) is 0 Å². The Morgan fingerprint density at radius 1 is 1.22 bits per heavy atom. The van der Waals surface area contributed by atoms with E-state index in [1.54, 1.807) is 12.1 Å². The molecule has 1 fully saturated rings. The first-order chi connectivity index (χ1) is 13.1. The van der Waals surface area contributed by atoms with Gasteiger partial charge in [0, 0.05) is 11.9 Å². The minimum Gasteiger partial charge on any atom is -0.494 e. The Morgan fingerprint density at radius 2 is 1.89 bits per heavy atom. The molecule has 3 rings (SSSR count). The fourth-order valence-electron chi connectivity index (χ4n) is 2.99. The average Bonchev–Trinajstić information content (AvgIpc) is 3.10. The zero-order valence-electron chi connectivity index (χ0n) is 15.9. The molecule has 1 amide bonds. The molecule has 2 heterocycles. The molecule has 0 unspecified atom stereocenters. The Bertz CT molecular complexity index is 724. The molecule has 0 radical (unpaired) electrons. The highest BCUT2D eigenvalue weighted by atomic mass is 32.1. The molecular weight excluding hydrogens is 362 g/mol. The van der Waals surface area contributed by atoms with E-state index in [-0.39, 0.29) is 12.5 Å². The molecule has 0 saturated carbocycles. The number of hydrogen-bond acceptors (Lipinski definition) is 6. The maximum absolute atomic E-state index is 12.1. The third-order valence-electron chi connectivity index (χ3n) is 4.56. The normalized spacial score (nSPS) is 15.5. The van der Waals surface area contributed by atoms with Crippen LogP contribution in [0.1, 0.15) is 32.4 Å². The van der Waals surface area contributed by atoms with Crippen molar-refractivity contribution in [3.05, 3.63) is 35.3 Å². The van der Waals surface area contributed by atoms with E-state index in [1.165, 1.54) is 24.2 Å². The first-order valence-electron chi connectivity index (χ1n) is 9.44. The number of likely N-dealkylation sites (tertiary alicyclic amines) is 1. The molecule has 1 aliphatic rings. The Hall–Kier alpha value is -2.12. The van der Waals surface area contributed by atoms with Crippen molar-refractivity contribution in [1.82, 2.24) is 9.88 Å². The summed E-state index contributed by atoms with van der Waals surface area (Å²) in [6.07, 6.45) is 2.49. The van der Waals surface area contributed by atoms with E-state index in [2.05, 4.69) is 22.1 Å². The largest absolute Gasteiger partial charge is 0.494 e. The fourth-order valence-corrected chi connectivity index (χ4v) is 3.71. The highest BCUT2D eigenvalue weighted by molar-refractivity contribution is 7.13. The molecule has 1 N–H and O–H groups in total. The zero-order chi connectivity index (χ0) is 19.1. The lowest BCUT2D eigenvalue weighted by Gasteiger charge is -2.29. The molecule has 0 atom stereocenters. The van der Waals surface area contributed by atoms with Crippen LogP contribution in [0.5, 0.6) is 11.5 Å². The predicted octanol–water partition coefficient (Wildman–Crippen LogP) is 3.79. The second-order valence-electron chi connectivity index (χ2n) is 6.84. The van der Waals surface area contributed by atoms with E-state index in [4.69, 9.17) is 9.47 Å². The molecule has 6 nitrogen and oxygen atoms in total. The molecule has 0 aliphatic carbocycles. The van der Waals surface area contributed by atoms with E-state index in [1.807, 2.05) is 24.4 Å². The Labute approximate surface area is 164 Å². The summed E-state index contributed by atoms with van der Waals surface area (Å²) in [5.41, 5.74) is 1.01. The lowest BCUT2D eigenvalue weighted by molar-refractivity contribution is -0.118. The summed E-state index contributed by atoms with van der Waals surface area (Å²) in [5, 5.41) is 5.44. The summed E-state index contributed by atoms with van der Waals surface area (Å²) >= 11 is 1.45. The van der Waals surface area contributed by atoms with Crippen molar-refractivity contribution in [3.63, 3.8) is 0 Å². The number of ether oxygens (including phenoxy) is 2. The minimum atomic E-state index is -0.211. The number of benzene rings is 1. The van der Waals surface area contributed by atoms with Gasteiger partial charge in [0.15, 0.2) is 11.7 Å². The number of anilines is 1. The summed E-state index contributed by atoms with van der Waals surface area (Å²) < 4.78 is 10.9. The van der Waals surface area contributed by atoms with E-state index >= 15 is 0 Å². The maximum Gasteiger partial charge on any atom is 0.264 e. The summed E-state index contributed by atoms with van der Waals surface area (Å²) in [5.74, 6) is 2.03. The molecule has 1 saturated heterocycles. The van der Waals surface area contributed by atoms with Gasteiger partial charge in [0.1, 0.15) is 11.5 Å². The minimum absolute atomic E-state index is 0.0487. The lowest BCUT2D eigenvalue weighted by Crippen LogP contribution is -2.32. The lowest BCUT2D eigenvalue weighted by atomic mass is 9.99. The van der Waals surface area contributed by atoms with Gasteiger partial charge in [0.2, 0.25) is 0 Å². The number of hydrogen-bond donors (Lipinski definition) is 1. The van der Waals surface area contributed by atoms with Crippen LogP contribution in [-0.4, -0.2) is 42.1 Å². The van der Waals surface area contributed by atoms with Crippen molar-refractivity contribution < 1.29 is 14.3 Å². The van der Waals surface area contributed by atoms with Crippen molar-refractivity contribution in [2.45, 2.75) is 33.2 Å². The Morgan fingerprint density at radius 3 is 2.56 bits per heavy atom. The van der Waals surface area contributed by atoms with Gasteiger partial charge in [-0.25, -0.2) is 4.98 Å². The van der Waals surface area contributed by atoms with Crippen LogP contribution in [-0.2, 0) is 11.3 Å². The number of carbonyl (C=O) groups excluding carboxylic acids is 1. The topological polar surface area (TPSA) is 63.7 Å².